The Balaban J connectivity index is 1.23. The third kappa shape index (κ3) is 3.97. The van der Waals surface area contributed by atoms with Crippen LogP contribution in [0.4, 0.5) is 0 Å². The van der Waals surface area contributed by atoms with Crippen molar-refractivity contribution in [2.75, 3.05) is 12.3 Å². The molecular weight excluding hydrogens is 286 g/mol. The van der Waals surface area contributed by atoms with Crippen LogP contribution in [-0.2, 0) is 4.79 Å². The Morgan fingerprint density at radius 2 is 2.20 bits per heavy atom. The lowest BCUT2D eigenvalue weighted by molar-refractivity contribution is -0.121. The van der Waals surface area contributed by atoms with Crippen molar-refractivity contribution in [3.8, 4) is 0 Å². The molecule has 1 amide bonds. The molecule has 0 aromatic heterocycles. The Morgan fingerprint density at radius 3 is 2.90 bits per heavy atom. The van der Waals surface area contributed by atoms with Crippen LogP contribution in [0, 0.1) is 17.8 Å². The Hall–Kier alpha value is -0.0900. The minimum atomic E-state index is 0.269. The van der Waals surface area contributed by atoms with Crippen LogP contribution in [0.15, 0.2) is 12.2 Å². The molecule has 3 rings (SSSR count). The molecule has 0 aromatic carbocycles. The molecule has 0 aromatic rings. The van der Waals surface area contributed by atoms with Gasteiger partial charge in [-0.25, -0.2) is 0 Å². The standard InChI is InChI=1S/C16H25NOS2/c18-16(4-2-1-3-15-7-8-19-20-15)17-11-14-10-12-5-6-13(14)9-12/h5-6,12-15H,1-4,7-11H2,(H,17,18)/t12-,13+,14-,15+/m1/s1. The van der Waals surface area contributed by atoms with Gasteiger partial charge in [0.2, 0.25) is 5.91 Å². The van der Waals surface area contributed by atoms with Crippen LogP contribution < -0.4 is 5.32 Å². The van der Waals surface area contributed by atoms with Crippen LogP contribution in [0.1, 0.15) is 44.9 Å². The van der Waals surface area contributed by atoms with Crippen molar-refractivity contribution in [2.45, 2.75) is 50.2 Å². The number of allylic oxidation sites excluding steroid dienone is 2. The van der Waals surface area contributed by atoms with Gasteiger partial charge in [-0.2, -0.15) is 0 Å². The fourth-order valence-corrected chi connectivity index (χ4v) is 6.71. The van der Waals surface area contributed by atoms with Crippen molar-refractivity contribution in [2.24, 2.45) is 17.8 Å². The molecule has 1 saturated heterocycles. The largest absolute Gasteiger partial charge is 0.356 e. The molecule has 20 heavy (non-hydrogen) atoms. The van der Waals surface area contributed by atoms with Crippen molar-refractivity contribution in [1.29, 1.82) is 0 Å². The minimum absolute atomic E-state index is 0.269. The summed E-state index contributed by atoms with van der Waals surface area (Å²) < 4.78 is 0. The lowest BCUT2D eigenvalue weighted by Gasteiger charge is -2.18. The third-order valence-electron chi connectivity index (χ3n) is 4.89. The SMILES string of the molecule is O=C(CCCC[C@H]1CCSS1)NC[C@H]1C[C@@H]2C=C[C@H]1C2. The lowest BCUT2D eigenvalue weighted by atomic mass is 9.93. The average Bonchev–Trinajstić information content (AvgIpc) is 3.18. The fourth-order valence-electron chi connectivity index (χ4n) is 3.68. The second-order valence-electron chi connectivity index (χ2n) is 6.42. The Labute approximate surface area is 130 Å². The minimum Gasteiger partial charge on any atom is -0.356 e. The number of rotatable bonds is 7. The molecule has 2 fully saturated rings. The predicted molar refractivity (Wildman–Crippen MR) is 88.8 cm³/mol. The lowest BCUT2D eigenvalue weighted by Crippen LogP contribution is -2.30. The normalized spacial score (nSPS) is 34.8. The van der Waals surface area contributed by atoms with Crippen molar-refractivity contribution < 1.29 is 4.79 Å². The first-order valence-electron chi connectivity index (χ1n) is 8.04. The average molecular weight is 312 g/mol. The second kappa shape index (κ2) is 7.26. The molecule has 2 aliphatic carbocycles. The summed E-state index contributed by atoms with van der Waals surface area (Å²) >= 11 is 0. The molecule has 4 heteroatoms. The molecular formula is C16H25NOS2. The monoisotopic (exact) mass is 311 g/mol. The number of fused-ring (bicyclic) bond motifs is 2. The van der Waals surface area contributed by atoms with E-state index in [4.69, 9.17) is 0 Å². The second-order valence-corrected chi connectivity index (χ2v) is 9.21. The topological polar surface area (TPSA) is 29.1 Å². The van der Waals surface area contributed by atoms with Crippen LogP contribution in [0.25, 0.3) is 0 Å². The zero-order valence-electron chi connectivity index (χ0n) is 12.1. The molecule has 2 nitrogen and oxygen atoms in total. The highest BCUT2D eigenvalue weighted by atomic mass is 33.1. The number of unbranched alkanes of at least 4 members (excludes halogenated alkanes) is 1. The summed E-state index contributed by atoms with van der Waals surface area (Å²) in [7, 11) is 4.05. The van der Waals surface area contributed by atoms with E-state index in [1.807, 2.05) is 21.6 Å². The van der Waals surface area contributed by atoms with Crippen LogP contribution in [0.2, 0.25) is 0 Å². The zero-order valence-corrected chi connectivity index (χ0v) is 13.7. The third-order valence-corrected chi connectivity index (χ3v) is 7.89. The van der Waals surface area contributed by atoms with Gasteiger partial charge in [-0.15, -0.1) is 0 Å². The fraction of sp³-hybridized carbons (Fsp3) is 0.812. The summed E-state index contributed by atoms with van der Waals surface area (Å²) in [5.41, 5.74) is 0. The van der Waals surface area contributed by atoms with Crippen molar-refractivity contribution >= 4 is 27.5 Å². The highest BCUT2D eigenvalue weighted by molar-refractivity contribution is 8.77. The van der Waals surface area contributed by atoms with Gasteiger partial charge in [0.25, 0.3) is 0 Å². The zero-order chi connectivity index (χ0) is 13.8. The summed E-state index contributed by atoms with van der Waals surface area (Å²) in [6.07, 6.45) is 13.0. The van der Waals surface area contributed by atoms with Gasteiger partial charge in [0, 0.05) is 24.0 Å². The number of carbonyl (C=O) groups is 1. The van der Waals surface area contributed by atoms with Gasteiger partial charge in [0.05, 0.1) is 0 Å². The molecule has 2 bridgehead atoms. The molecule has 3 aliphatic rings. The molecule has 1 saturated carbocycles. The first-order chi connectivity index (χ1) is 9.81. The van der Waals surface area contributed by atoms with E-state index in [2.05, 4.69) is 17.5 Å². The summed E-state index contributed by atoms with van der Waals surface area (Å²) in [5.74, 6) is 3.85. The number of hydrogen-bond donors (Lipinski definition) is 1. The van der Waals surface area contributed by atoms with Crippen molar-refractivity contribution in [1.82, 2.24) is 5.32 Å². The quantitative estimate of drug-likeness (QED) is 0.437. The maximum absolute atomic E-state index is 11.9. The van der Waals surface area contributed by atoms with Gasteiger partial charge in [-0.3, -0.25) is 4.79 Å². The predicted octanol–water partition coefficient (Wildman–Crippen LogP) is 4.03. The molecule has 1 heterocycles. The first kappa shape index (κ1) is 14.8. The highest BCUT2D eigenvalue weighted by Gasteiger charge is 2.35. The first-order valence-corrected chi connectivity index (χ1v) is 10.4. The van der Waals surface area contributed by atoms with E-state index in [1.165, 1.54) is 37.9 Å². The van der Waals surface area contributed by atoms with Gasteiger partial charge >= 0.3 is 0 Å². The van der Waals surface area contributed by atoms with Crippen LogP contribution in [0.5, 0.6) is 0 Å². The van der Waals surface area contributed by atoms with Crippen molar-refractivity contribution in [3.05, 3.63) is 12.2 Å². The van der Waals surface area contributed by atoms with E-state index in [0.717, 1.165) is 36.5 Å². The summed E-state index contributed by atoms with van der Waals surface area (Å²) in [4.78, 5) is 11.9. The molecule has 4 atom stereocenters. The molecule has 0 radical (unpaired) electrons. The van der Waals surface area contributed by atoms with Gasteiger partial charge < -0.3 is 5.32 Å². The van der Waals surface area contributed by atoms with Crippen LogP contribution in [-0.4, -0.2) is 23.5 Å². The molecule has 112 valence electrons. The van der Waals surface area contributed by atoms with E-state index < -0.39 is 0 Å². The smallest absolute Gasteiger partial charge is 0.220 e. The summed E-state index contributed by atoms with van der Waals surface area (Å²) in [6.45, 7) is 0.902. The molecule has 0 unspecified atom stereocenters. The van der Waals surface area contributed by atoms with Crippen LogP contribution >= 0.6 is 21.6 Å². The van der Waals surface area contributed by atoms with Gasteiger partial charge in [-0.05, 0) is 49.9 Å². The number of hydrogen-bond acceptors (Lipinski definition) is 3. The van der Waals surface area contributed by atoms with Crippen LogP contribution in [0.3, 0.4) is 0 Å². The summed E-state index contributed by atoms with van der Waals surface area (Å²) in [5, 5.41) is 4.01. The van der Waals surface area contributed by atoms with Gasteiger partial charge in [0.1, 0.15) is 0 Å². The maximum Gasteiger partial charge on any atom is 0.220 e. The molecule has 1 aliphatic heterocycles. The number of nitrogens with one attached hydrogen (secondary N) is 1. The van der Waals surface area contributed by atoms with E-state index in [0.29, 0.717) is 5.92 Å². The molecule has 1 N–H and O–H groups in total. The van der Waals surface area contributed by atoms with E-state index in [-0.39, 0.29) is 5.91 Å². The number of amides is 1. The maximum atomic E-state index is 11.9. The Kier molecular flexibility index (Phi) is 5.38. The molecule has 0 spiro atoms. The van der Waals surface area contributed by atoms with E-state index >= 15 is 0 Å². The van der Waals surface area contributed by atoms with Gasteiger partial charge in [0.15, 0.2) is 0 Å². The highest BCUT2D eigenvalue weighted by Crippen LogP contribution is 2.43. The number of carbonyl (C=O) groups excluding carboxylic acids is 1. The summed E-state index contributed by atoms with van der Waals surface area (Å²) in [6, 6.07) is 0. The van der Waals surface area contributed by atoms with Gasteiger partial charge in [-0.1, -0.05) is 40.2 Å². The van der Waals surface area contributed by atoms with E-state index in [1.54, 1.807) is 0 Å². The van der Waals surface area contributed by atoms with E-state index in [9.17, 15) is 4.79 Å². The Bertz CT molecular complexity index is 365. The van der Waals surface area contributed by atoms with Crippen molar-refractivity contribution in [3.63, 3.8) is 0 Å². The Morgan fingerprint density at radius 1 is 1.25 bits per heavy atom.